The second kappa shape index (κ2) is 3.93. The molecular formula is C8H7N5S. The van der Waals surface area contributed by atoms with Gasteiger partial charge in [0, 0.05) is 18.0 Å². The quantitative estimate of drug-likeness (QED) is 0.592. The SMILES string of the molecule is S=c1[nH]ncn1/N=C/c1cccnc1. The van der Waals surface area contributed by atoms with Gasteiger partial charge in [-0.15, -0.1) is 0 Å². The van der Waals surface area contributed by atoms with Gasteiger partial charge in [-0.1, -0.05) is 6.07 Å². The fraction of sp³-hybridized carbons (Fsp3) is 0. The Labute approximate surface area is 85.1 Å². The molecule has 5 nitrogen and oxygen atoms in total. The molecule has 0 saturated carbocycles. The van der Waals surface area contributed by atoms with Crippen LogP contribution >= 0.6 is 12.2 Å². The van der Waals surface area contributed by atoms with Gasteiger partial charge in [0.2, 0.25) is 4.77 Å². The Kier molecular flexibility index (Phi) is 2.46. The van der Waals surface area contributed by atoms with E-state index in [4.69, 9.17) is 12.2 Å². The van der Waals surface area contributed by atoms with E-state index < -0.39 is 0 Å². The Morgan fingerprint density at radius 3 is 3.14 bits per heavy atom. The predicted octanol–water partition coefficient (Wildman–Crippen LogP) is 1.22. The molecule has 0 aliphatic heterocycles. The van der Waals surface area contributed by atoms with Crippen LogP contribution in [0.5, 0.6) is 0 Å². The second-order valence-electron chi connectivity index (χ2n) is 2.54. The fourth-order valence-corrected chi connectivity index (χ4v) is 1.05. The van der Waals surface area contributed by atoms with E-state index in [1.807, 2.05) is 12.1 Å². The van der Waals surface area contributed by atoms with Gasteiger partial charge in [-0.25, -0.2) is 0 Å². The van der Waals surface area contributed by atoms with Crippen molar-refractivity contribution in [2.24, 2.45) is 5.10 Å². The number of hydrogen-bond donors (Lipinski definition) is 1. The van der Waals surface area contributed by atoms with Crippen molar-refractivity contribution in [3.8, 4) is 0 Å². The number of nitrogens with one attached hydrogen (secondary N) is 1. The van der Waals surface area contributed by atoms with Crippen molar-refractivity contribution >= 4 is 18.4 Å². The van der Waals surface area contributed by atoms with E-state index >= 15 is 0 Å². The molecule has 14 heavy (non-hydrogen) atoms. The molecule has 70 valence electrons. The van der Waals surface area contributed by atoms with Crippen LogP contribution < -0.4 is 0 Å². The van der Waals surface area contributed by atoms with Gasteiger partial charge in [0.05, 0.1) is 6.21 Å². The Balaban J connectivity index is 2.24. The monoisotopic (exact) mass is 205 g/mol. The van der Waals surface area contributed by atoms with Gasteiger partial charge in [0.1, 0.15) is 6.33 Å². The van der Waals surface area contributed by atoms with E-state index in [1.54, 1.807) is 18.6 Å². The lowest BCUT2D eigenvalue weighted by molar-refractivity contribution is 0.862. The van der Waals surface area contributed by atoms with Crippen molar-refractivity contribution < 1.29 is 0 Å². The predicted molar refractivity (Wildman–Crippen MR) is 54.6 cm³/mol. The first-order chi connectivity index (χ1) is 6.86. The van der Waals surface area contributed by atoms with Gasteiger partial charge in [0.15, 0.2) is 0 Å². The van der Waals surface area contributed by atoms with E-state index in [-0.39, 0.29) is 0 Å². The summed E-state index contributed by atoms with van der Waals surface area (Å²) in [5.74, 6) is 0. The lowest BCUT2D eigenvalue weighted by Crippen LogP contribution is -1.89. The second-order valence-corrected chi connectivity index (χ2v) is 2.92. The Morgan fingerprint density at radius 1 is 1.57 bits per heavy atom. The first-order valence-corrected chi connectivity index (χ1v) is 4.33. The first-order valence-electron chi connectivity index (χ1n) is 3.93. The summed E-state index contributed by atoms with van der Waals surface area (Å²) in [6, 6.07) is 3.75. The molecule has 1 N–H and O–H groups in total. The lowest BCUT2D eigenvalue weighted by atomic mass is 10.3. The van der Waals surface area contributed by atoms with Crippen LogP contribution in [0.3, 0.4) is 0 Å². The molecule has 0 aromatic carbocycles. The van der Waals surface area contributed by atoms with E-state index in [1.165, 1.54) is 11.0 Å². The molecule has 2 heterocycles. The van der Waals surface area contributed by atoms with Crippen LogP contribution in [-0.2, 0) is 0 Å². The molecule has 2 aromatic heterocycles. The van der Waals surface area contributed by atoms with Crippen molar-refractivity contribution in [2.75, 3.05) is 0 Å². The summed E-state index contributed by atoms with van der Waals surface area (Å²) in [5, 5.41) is 10.4. The van der Waals surface area contributed by atoms with Crippen molar-refractivity contribution in [2.45, 2.75) is 0 Å². The highest BCUT2D eigenvalue weighted by Gasteiger charge is 1.88. The van der Waals surface area contributed by atoms with Crippen molar-refractivity contribution in [1.29, 1.82) is 0 Å². The highest BCUT2D eigenvalue weighted by molar-refractivity contribution is 7.71. The lowest BCUT2D eigenvalue weighted by Gasteiger charge is -1.90. The molecule has 0 amide bonds. The number of hydrogen-bond acceptors (Lipinski definition) is 4. The standard InChI is InChI=1S/C8H7N5S/c14-8-12-10-6-13(8)11-5-7-2-1-3-9-4-7/h1-6H,(H,12,14)/b11-5+. The van der Waals surface area contributed by atoms with Gasteiger partial charge in [0.25, 0.3) is 0 Å². The molecule has 2 aromatic rings. The van der Waals surface area contributed by atoms with Crippen molar-refractivity contribution in [1.82, 2.24) is 19.9 Å². The molecule has 0 saturated heterocycles. The molecule has 0 radical (unpaired) electrons. The van der Waals surface area contributed by atoms with Gasteiger partial charge in [-0.2, -0.15) is 14.9 Å². The average molecular weight is 205 g/mol. The fourth-order valence-electron chi connectivity index (χ4n) is 0.906. The normalized spacial score (nSPS) is 10.9. The number of aromatic amines is 1. The molecule has 6 heteroatoms. The summed E-state index contributed by atoms with van der Waals surface area (Å²) in [5.41, 5.74) is 0.913. The molecule has 0 bridgehead atoms. The van der Waals surface area contributed by atoms with Gasteiger partial charge in [-0.05, 0) is 18.3 Å². The van der Waals surface area contributed by atoms with Crippen LogP contribution in [0, 0.1) is 4.77 Å². The number of nitrogens with zero attached hydrogens (tertiary/aromatic N) is 4. The number of H-pyrrole nitrogens is 1. The minimum Gasteiger partial charge on any atom is -0.264 e. The van der Waals surface area contributed by atoms with E-state index in [9.17, 15) is 0 Å². The van der Waals surface area contributed by atoms with Gasteiger partial charge >= 0.3 is 0 Å². The zero-order valence-electron chi connectivity index (χ0n) is 7.16. The molecule has 0 aliphatic carbocycles. The molecule has 0 aliphatic rings. The van der Waals surface area contributed by atoms with E-state index in [0.29, 0.717) is 4.77 Å². The van der Waals surface area contributed by atoms with Gasteiger partial charge < -0.3 is 0 Å². The maximum atomic E-state index is 4.92. The molecule has 0 spiro atoms. The third-order valence-corrected chi connectivity index (χ3v) is 1.83. The number of pyridine rings is 1. The van der Waals surface area contributed by atoms with Crippen LogP contribution in [0.2, 0.25) is 0 Å². The summed E-state index contributed by atoms with van der Waals surface area (Å²) < 4.78 is 1.94. The van der Waals surface area contributed by atoms with Crippen molar-refractivity contribution in [3.05, 3.63) is 41.2 Å². The minimum atomic E-state index is 0.463. The Hall–Kier alpha value is -1.82. The average Bonchev–Trinajstić information content (AvgIpc) is 2.63. The van der Waals surface area contributed by atoms with Crippen LogP contribution in [0.25, 0.3) is 0 Å². The molecule has 0 fully saturated rings. The summed E-state index contributed by atoms with van der Waals surface area (Å²) in [6.45, 7) is 0. The van der Waals surface area contributed by atoms with Crippen LogP contribution in [0.4, 0.5) is 0 Å². The number of aromatic nitrogens is 4. The third-order valence-electron chi connectivity index (χ3n) is 1.55. The maximum Gasteiger partial charge on any atom is 0.216 e. The molecule has 0 unspecified atom stereocenters. The molecule has 0 atom stereocenters. The summed E-state index contributed by atoms with van der Waals surface area (Å²) in [4.78, 5) is 3.96. The van der Waals surface area contributed by atoms with Gasteiger partial charge in [-0.3, -0.25) is 10.1 Å². The Morgan fingerprint density at radius 2 is 2.50 bits per heavy atom. The largest absolute Gasteiger partial charge is 0.264 e. The summed E-state index contributed by atoms with van der Waals surface area (Å²) in [6.07, 6.45) is 6.60. The van der Waals surface area contributed by atoms with Crippen LogP contribution in [0.1, 0.15) is 5.56 Å². The van der Waals surface area contributed by atoms with E-state index in [0.717, 1.165) is 5.56 Å². The first kappa shape index (κ1) is 8.76. The smallest absolute Gasteiger partial charge is 0.216 e. The maximum absolute atomic E-state index is 4.92. The Bertz CT molecular complexity index is 484. The molecule has 2 rings (SSSR count). The van der Waals surface area contributed by atoms with Crippen molar-refractivity contribution in [3.63, 3.8) is 0 Å². The molecular weight excluding hydrogens is 198 g/mol. The zero-order valence-corrected chi connectivity index (χ0v) is 7.98. The highest BCUT2D eigenvalue weighted by Crippen LogP contribution is 1.92. The van der Waals surface area contributed by atoms with Crippen LogP contribution in [0.15, 0.2) is 36.0 Å². The highest BCUT2D eigenvalue weighted by atomic mass is 32.1. The van der Waals surface area contributed by atoms with E-state index in [2.05, 4.69) is 20.3 Å². The number of rotatable bonds is 2. The summed E-state index contributed by atoms with van der Waals surface area (Å²) >= 11 is 4.92. The topological polar surface area (TPSA) is 58.9 Å². The van der Waals surface area contributed by atoms with Crippen LogP contribution in [-0.4, -0.2) is 26.1 Å². The zero-order chi connectivity index (χ0) is 9.80. The summed E-state index contributed by atoms with van der Waals surface area (Å²) in [7, 11) is 0. The minimum absolute atomic E-state index is 0.463. The third kappa shape index (κ3) is 1.91.